The molecule has 2 aromatic heterocycles. The van der Waals surface area contributed by atoms with Crippen molar-refractivity contribution in [3.63, 3.8) is 0 Å². The fourth-order valence-electron chi connectivity index (χ4n) is 3.70. The molecule has 0 aliphatic carbocycles. The normalized spacial score (nSPS) is 16.2. The van der Waals surface area contributed by atoms with Gasteiger partial charge in [0.05, 0.1) is 22.2 Å². The number of terminal acetylenes is 1. The molecular weight excluding hydrogens is 484 g/mol. The molecule has 0 unspecified atom stereocenters. The van der Waals surface area contributed by atoms with Gasteiger partial charge in [0.25, 0.3) is 5.91 Å². The van der Waals surface area contributed by atoms with Gasteiger partial charge in [0.2, 0.25) is 15.9 Å². The van der Waals surface area contributed by atoms with Crippen LogP contribution in [-0.2, 0) is 16.4 Å². The van der Waals surface area contributed by atoms with Crippen molar-refractivity contribution >= 4 is 32.5 Å². The van der Waals surface area contributed by atoms with Crippen LogP contribution in [0.1, 0.15) is 60.4 Å². The fraction of sp³-hybridized carbons (Fsp3) is 0.320. The molecule has 10 heteroatoms. The number of ether oxygens (including phenoxy) is 1. The number of nitrogens with zero attached hydrogens (tertiary/aromatic N) is 2. The third-order valence-corrected chi connectivity index (χ3v) is 7.67. The molecule has 3 aromatic rings. The topological polar surface area (TPSA) is 110 Å². The molecule has 4 rings (SSSR count). The molecule has 3 heterocycles. The first-order valence-corrected chi connectivity index (χ1v) is 13.2. The maximum atomic E-state index is 13.1. The highest BCUT2D eigenvalue weighted by atomic mass is 32.2. The van der Waals surface area contributed by atoms with Gasteiger partial charge in [0.15, 0.2) is 0 Å². The van der Waals surface area contributed by atoms with Crippen LogP contribution in [0.15, 0.2) is 47.5 Å². The first-order chi connectivity index (χ1) is 16.6. The Bertz CT molecular complexity index is 1330. The van der Waals surface area contributed by atoms with Crippen molar-refractivity contribution in [1.29, 1.82) is 0 Å². The zero-order chi connectivity index (χ0) is 25.8. The number of carbonyl (C=O) groups excluding carboxylic acids is 1. The van der Waals surface area contributed by atoms with Crippen molar-refractivity contribution in [2.45, 2.75) is 57.1 Å². The summed E-state index contributed by atoms with van der Waals surface area (Å²) < 4.78 is 39.2. The second kappa shape index (κ2) is 10.6. The zero-order valence-corrected chi connectivity index (χ0v) is 21.7. The van der Waals surface area contributed by atoms with E-state index in [0.29, 0.717) is 28.4 Å². The fourth-order valence-corrected chi connectivity index (χ4v) is 5.58. The molecule has 1 aliphatic heterocycles. The second-order valence-corrected chi connectivity index (χ2v) is 11.2. The molecule has 1 aromatic carbocycles. The average Bonchev–Trinajstić information content (AvgIpc) is 3.23. The Labute approximate surface area is 210 Å². The van der Waals surface area contributed by atoms with E-state index in [9.17, 15) is 13.2 Å². The van der Waals surface area contributed by atoms with E-state index in [2.05, 4.69) is 32.2 Å². The van der Waals surface area contributed by atoms with Crippen LogP contribution >= 0.6 is 11.5 Å². The van der Waals surface area contributed by atoms with E-state index in [4.69, 9.17) is 4.74 Å². The average molecular weight is 513 g/mol. The first-order valence-electron chi connectivity index (χ1n) is 10.9. The summed E-state index contributed by atoms with van der Waals surface area (Å²) in [6.45, 7) is 7.61. The number of hydrogen-bond acceptors (Lipinski definition) is 7. The standard InChI is InChI=1S/C23H26N4O4S2.C2H2/c1-5-15-6-8-17(9-7-15)33(29,30)27-19-12-23(3,4)31-22-18(19)11-16(13-24-22)21(28)25-20-10-14(2)26-32-20;1-2/h6-11,13,19,27H,5,12H2,1-4H3,(H,25,28);1-2H/t19-;/m0./s1. The van der Waals surface area contributed by atoms with Gasteiger partial charge in [-0.05, 0) is 68.6 Å². The number of fused-ring (bicyclic) bond motifs is 1. The summed E-state index contributed by atoms with van der Waals surface area (Å²) >= 11 is 1.19. The van der Waals surface area contributed by atoms with E-state index >= 15 is 0 Å². The zero-order valence-electron chi connectivity index (χ0n) is 20.0. The van der Waals surface area contributed by atoms with Gasteiger partial charge in [0, 0.05) is 18.2 Å². The third-order valence-electron chi connectivity index (χ3n) is 5.39. The number of aromatic nitrogens is 2. The van der Waals surface area contributed by atoms with Gasteiger partial charge >= 0.3 is 0 Å². The third kappa shape index (κ3) is 6.25. The number of pyridine rings is 1. The van der Waals surface area contributed by atoms with Gasteiger partial charge in [-0.2, -0.15) is 4.37 Å². The SMILES string of the molecule is C#C.CCc1ccc(S(=O)(=O)N[C@H]2CC(C)(C)Oc3ncc(C(=O)Nc4cc(C)ns4)cc32)cc1. The lowest BCUT2D eigenvalue weighted by molar-refractivity contribution is 0.0640. The van der Waals surface area contributed by atoms with Gasteiger partial charge in [0.1, 0.15) is 10.6 Å². The number of rotatable bonds is 6. The Morgan fingerprint density at radius 1 is 1.23 bits per heavy atom. The molecule has 0 saturated heterocycles. The maximum Gasteiger partial charge on any atom is 0.257 e. The van der Waals surface area contributed by atoms with Crippen LogP contribution in [0.3, 0.4) is 0 Å². The maximum absolute atomic E-state index is 13.1. The smallest absolute Gasteiger partial charge is 0.257 e. The van der Waals surface area contributed by atoms with Gasteiger partial charge in [-0.15, -0.1) is 12.8 Å². The number of amides is 1. The van der Waals surface area contributed by atoms with Crippen LogP contribution in [0.25, 0.3) is 0 Å². The molecule has 0 spiro atoms. The highest BCUT2D eigenvalue weighted by Crippen LogP contribution is 2.39. The molecule has 0 fully saturated rings. The summed E-state index contributed by atoms with van der Waals surface area (Å²) in [5.41, 5.74) is 2.07. The molecule has 1 aliphatic rings. The predicted molar refractivity (Wildman–Crippen MR) is 137 cm³/mol. The van der Waals surface area contributed by atoms with Crippen LogP contribution in [0, 0.1) is 19.8 Å². The van der Waals surface area contributed by atoms with Crippen LogP contribution in [0.5, 0.6) is 5.88 Å². The lowest BCUT2D eigenvalue weighted by Gasteiger charge is -2.37. The highest BCUT2D eigenvalue weighted by molar-refractivity contribution is 7.89. The number of hydrogen-bond donors (Lipinski definition) is 2. The summed E-state index contributed by atoms with van der Waals surface area (Å²) in [4.78, 5) is 17.3. The monoisotopic (exact) mass is 512 g/mol. The molecule has 0 radical (unpaired) electrons. The summed E-state index contributed by atoms with van der Waals surface area (Å²) in [6, 6.07) is 9.63. The van der Waals surface area contributed by atoms with E-state index in [1.807, 2.05) is 39.8 Å². The van der Waals surface area contributed by atoms with Crippen LogP contribution in [0.2, 0.25) is 0 Å². The van der Waals surface area contributed by atoms with E-state index in [0.717, 1.165) is 17.7 Å². The lowest BCUT2D eigenvalue weighted by atomic mass is 9.91. The Hall–Kier alpha value is -3.26. The van der Waals surface area contributed by atoms with Crippen LogP contribution < -0.4 is 14.8 Å². The Kier molecular flexibility index (Phi) is 7.95. The van der Waals surface area contributed by atoms with Gasteiger partial charge in [-0.25, -0.2) is 18.1 Å². The van der Waals surface area contributed by atoms with Gasteiger partial charge < -0.3 is 10.1 Å². The largest absolute Gasteiger partial charge is 0.471 e. The minimum atomic E-state index is -3.80. The van der Waals surface area contributed by atoms with Crippen molar-refractivity contribution in [2.24, 2.45) is 0 Å². The highest BCUT2D eigenvalue weighted by Gasteiger charge is 2.37. The minimum absolute atomic E-state index is 0.188. The van der Waals surface area contributed by atoms with Crippen molar-refractivity contribution in [3.8, 4) is 18.7 Å². The van der Waals surface area contributed by atoms with Crippen molar-refractivity contribution in [1.82, 2.24) is 14.1 Å². The molecule has 184 valence electrons. The quantitative estimate of drug-likeness (QED) is 0.471. The van der Waals surface area contributed by atoms with Crippen LogP contribution in [0.4, 0.5) is 5.00 Å². The number of nitrogens with one attached hydrogen (secondary N) is 2. The van der Waals surface area contributed by atoms with Gasteiger partial charge in [-0.3, -0.25) is 4.79 Å². The number of anilines is 1. The molecule has 35 heavy (non-hydrogen) atoms. The summed E-state index contributed by atoms with van der Waals surface area (Å²) in [5.74, 6) is -0.0407. The first kappa shape index (κ1) is 26.3. The van der Waals surface area contributed by atoms with E-state index in [-0.39, 0.29) is 10.8 Å². The summed E-state index contributed by atoms with van der Waals surface area (Å²) in [7, 11) is -3.80. The number of sulfonamides is 1. The van der Waals surface area contributed by atoms with Gasteiger partial charge in [-0.1, -0.05) is 19.1 Å². The second-order valence-electron chi connectivity index (χ2n) is 8.64. The molecule has 0 saturated carbocycles. The number of carbonyl (C=O) groups is 1. The Balaban J connectivity index is 0.00000167. The molecule has 2 N–H and O–H groups in total. The molecule has 8 nitrogen and oxygen atoms in total. The Morgan fingerprint density at radius 2 is 1.91 bits per heavy atom. The van der Waals surface area contributed by atoms with E-state index < -0.39 is 21.7 Å². The van der Waals surface area contributed by atoms with Crippen molar-refractivity contribution in [2.75, 3.05) is 5.32 Å². The van der Waals surface area contributed by atoms with Crippen molar-refractivity contribution < 1.29 is 17.9 Å². The Morgan fingerprint density at radius 3 is 2.51 bits per heavy atom. The summed E-state index contributed by atoms with van der Waals surface area (Å²) in [6.07, 6.45) is 10.6. The summed E-state index contributed by atoms with van der Waals surface area (Å²) in [5, 5.41) is 3.42. The predicted octanol–water partition coefficient (Wildman–Crippen LogP) is 4.49. The van der Waals surface area contributed by atoms with E-state index in [1.54, 1.807) is 24.3 Å². The molecule has 1 amide bonds. The lowest BCUT2D eigenvalue weighted by Crippen LogP contribution is -2.41. The van der Waals surface area contributed by atoms with E-state index in [1.165, 1.54) is 17.7 Å². The molecular formula is C25H28N4O4S2. The van der Waals surface area contributed by atoms with Crippen molar-refractivity contribution in [3.05, 3.63) is 65.0 Å². The minimum Gasteiger partial charge on any atom is -0.471 e. The van der Waals surface area contributed by atoms with Crippen LogP contribution in [-0.4, -0.2) is 29.3 Å². The number of aryl methyl sites for hydroxylation is 2. The molecule has 0 bridgehead atoms. The molecule has 1 atom stereocenters. The number of benzene rings is 1.